The first-order valence-electron chi connectivity index (χ1n) is 9.98. The molecule has 0 spiro atoms. The highest BCUT2D eigenvalue weighted by atomic mass is 79.9. The average molecular weight is 627 g/mol. The molecule has 182 valence electrons. The van der Waals surface area contributed by atoms with Crippen LogP contribution in [-0.2, 0) is 20.0 Å². The molecule has 0 bridgehead atoms. The fourth-order valence-corrected chi connectivity index (χ4v) is 7.30. The molecule has 0 unspecified atom stereocenters. The fraction of sp³-hybridized carbons (Fsp3) is 0.400. The molecule has 0 aromatic heterocycles. The monoisotopic (exact) mass is 625 g/mol. The van der Waals surface area contributed by atoms with Gasteiger partial charge in [0, 0.05) is 48.2 Å². The molecule has 1 heterocycles. The summed E-state index contributed by atoms with van der Waals surface area (Å²) in [5, 5.41) is 0. The molecule has 0 saturated carbocycles. The van der Waals surface area contributed by atoms with Gasteiger partial charge < -0.3 is 9.47 Å². The second-order valence-electron chi connectivity index (χ2n) is 7.23. The maximum Gasteiger partial charge on any atom is 0.246 e. The van der Waals surface area contributed by atoms with E-state index in [0.717, 1.165) is 0 Å². The highest BCUT2D eigenvalue weighted by Gasteiger charge is 2.31. The van der Waals surface area contributed by atoms with Crippen LogP contribution in [0.2, 0.25) is 0 Å². The van der Waals surface area contributed by atoms with Crippen molar-refractivity contribution < 1.29 is 26.3 Å². The van der Waals surface area contributed by atoms with Crippen molar-refractivity contribution in [3.63, 3.8) is 0 Å². The molecule has 1 fully saturated rings. The Kier molecular flexibility index (Phi) is 8.81. The number of hydrogen-bond donors (Lipinski definition) is 1. The van der Waals surface area contributed by atoms with Gasteiger partial charge in [0.05, 0.1) is 14.2 Å². The lowest BCUT2D eigenvalue weighted by atomic mass is 10.3. The highest BCUT2D eigenvalue weighted by molar-refractivity contribution is 9.10. The summed E-state index contributed by atoms with van der Waals surface area (Å²) in [6, 6.07) is 9.64. The lowest BCUT2D eigenvalue weighted by Gasteiger charge is -2.34. The van der Waals surface area contributed by atoms with Crippen LogP contribution in [0, 0.1) is 0 Å². The molecule has 3 rings (SSSR count). The number of piperazine rings is 1. The van der Waals surface area contributed by atoms with Crippen LogP contribution in [0.3, 0.4) is 0 Å². The zero-order chi connectivity index (χ0) is 24.2. The van der Waals surface area contributed by atoms with Gasteiger partial charge in [0.25, 0.3) is 0 Å². The van der Waals surface area contributed by atoms with Crippen LogP contribution in [0.25, 0.3) is 0 Å². The minimum absolute atomic E-state index is 0.0539. The Labute approximate surface area is 211 Å². The number of benzene rings is 2. The van der Waals surface area contributed by atoms with Crippen LogP contribution in [0.1, 0.15) is 0 Å². The summed E-state index contributed by atoms with van der Waals surface area (Å²) in [5.41, 5.74) is 0. The van der Waals surface area contributed by atoms with Crippen molar-refractivity contribution in [3.05, 3.63) is 45.3 Å². The van der Waals surface area contributed by atoms with E-state index in [1.165, 1.54) is 30.7 Å². The number of ether oxygens (including phenoxy) is 2. The number of sulfonamides is 2. The lowest BCUT2D eigenvalue weighted by molar-refractivity contribution is 0.191. The van der Waals surface area contributed by atoms with Gasteiger partial charge in [0.1, 0.15) is 21.3 Å². The van der Waals surface area contributed by atoms with Crippen molar-refractivity contribution in [2.45, 2.75) is 9.79 Å². The topological polar surface area (TPSA) is 105 Å². The lowest BCUT2D eigenvalue weighted by Crippen LogP contribution is -2.50. The molecule has 1 aliphatic heterocycles. The van der Waals surface area contributed by atoms with Gasteiger partial charge in [-0.1, -0.05) is 31.9 Å². The molecule has 1 saturated heterocycles. The minimum atomic E-state index is -3.76. The molecule has 9 nitrogen and oxygen atoms in total. The molecule has 1 aliphatic rings. The molecule has 2 aromatic rings. The summed E-state index contributed by atoms with van der Waals surface area (Å²) in [6.45, 7) is 2.19. The van der Waals surface area contributed by atoms with E-state index in [9.17, 15) is 16.8 Å². The average Bonchev–Trinajstić information content (AvgIpc) is 2.79. The highest BCUT2D eigenvalue weighted by Crippen LogP contribution is 2.30. The summed E-state index contributed by atoms with van der Waals surface area (Å²) in [4.78, 5) is 2.19. The van der Waals surface area contributed by atoms with E-state index < -0.39 is 20.0 Å². The van der Waals surface area contributed by atoms with Crippen LogP contribution in [-0.4, -0.2) is 79.5 Å². The first kappa shape index (κ1) is 26.4. The van der Waals surface area contributed by atoms with Crippen LogP contribution < -0.4 is 14.2 Å². The third-order valence-electron chi connectivity index (χ3n) is 5.21. The Hall–Kier alpha value is -1.22. The van der Waals surface area contributed by atoms with Crippen LogP contribution in [0.4, 0.5) is 0 Å². The molecule has 0 atom stereocenters. The van der Waals surface area contributed by atoms with E-state index in [0.29, 0.717) is 41.7 Å². The van der Waals surface area contributed by atoms with Gasteiger partial charge in [0.15, 0.2) is 0 Å². The SMILES string of the molecule is COc1ccc(Br)cc1S(=O)(=O)NCCN1CCN(S(=O)(=O)c2cc(Br)ccc2OC)CC1. The number of hydrogen-bond acceptors (Lipinski definition) is 7. The van der Waals surface area contributed by atoms with Crippen LogP contribution in [0.5, 0.6) is 11.5 Å². The zero-order valence-corrected chi connectivity index (χ0v) is 22.9. The zero-order valence-electron chi connectivity index (χ0n) is 18.1. The molecular formula is C20H25Br2N3O6S2. The van der Waals surface area contributed by atoms with E-state index >= 15 is 0 Å². The third kappa shape index (κ3) is 6.27. The van der Waals surface area contributed by atoms with Gasteiger partial charge in [-0.15, -0.1) is 0 Å². The maximum atomic E-state index is 13.1. The molecule has 13 heteroatoms. The Morgan fingerprint density at radius 2 is 1.36 bits per heavy atom. The Morgan fingerprint density at radius 3 is 1.91 bits per heavy atom. The van der Waals surface area contributed by atoms with Crippen LogP contribution >= 0.6 is 31.9 Å². The van der Waals surface area contributed by atoms with Crippen LogP contribution in [0.15, 0.2) is 55.1 Å². The van der Waals surface area contributed by atoms with E-state index in [-0.39, 0.29) is 27.8 Å². The summed E-state index contributed by atoms with van der Waals surface area (Å²) in [5.74, 6) is 0.547. The summed E-state index contributed by atoms with van der Waals surface area (Å²) in [7, 11) is -4.63. The van der Waals surface area contributed by atoms with E-state index in [1.54, 1.807) is 24.3 Å². The molecular weight excluding hydrogens is 602 g/mol. The maximum absolute atomic E-state index is 13.1. The van der Waals surface area contributed by atoms with Gasteiger partial charge in [-0.05, 0) is 36.4 Å². The Bertz CT molecular complexity index is 1200. The quantitative estimate of drug-likeness (QED) is 0.456. The van der Waals surface area contributed by atoms with E-state index in [1.807, 2.05) is 4.90 Å². The van der Waals surface area contributed by atoms with Gasteiger partial charge >= 0.3 is 0 Å². The fourth-order valence-electron chi connectivity index (χ4n) is 3.46. The summed E-state index contributed by atoms with van der Waals surface area (Å²) in [6.07, 6.45) is 0. The number of nitrogens with one attached hydrogen (secondary N) is 1. The van der Waals surface area contributed by atoms with Crippen molar-refractivity contribution in [2.75, 3.05) is 53.5 Å². The largest absolute Gasteiger partial charge is 0.495 e. The van der Waals surface area contributed by atoms with Crippen molar-refractivity contribution in [3.8, 4) is 11.5 Å². The third-order valence-corrected chi connectivity index (χ3v) is 9.60. The number of nitrogens with zero attached hydrogens (tertiary/aromatic N) is 2. The predicted octanol–water partition coefficient (Wildman–Crippen LogP) is 2.51. The van der Waals surface area contributed by atoms with E-state index in [4.69, 9.17) is 9.47 Å². The standard InChI is InChI=1S/C20H25Br2N3O6S2/c1-30-17-5-3-15(21)13-19(17)32(26,27)23-7-8-24-9-11-25(12-10-24)33(28,29)20-14-16(22)4-6-18(20)31-2/h3-6,13-14,23H,7-12H2,1-2H3. The van der Waals surface area contributed by atoms with Crippen molar-refractivity contribution in [2.24, 2.45) is 0 Å². The molecule has 33 heavy (non-hydrogen) atoms. The second-order valence-corrected chi connectivity index (χ2v) is 12.7. The summed E-state index contributed by atoms with van der Waals surface area (Å²) >= 11 is 6.59. The van der Waals surface area contributed by atoms with Gasteiger partial charge in [-0.2, -0.15) is 4.31 Å². The van der Waals surface area contributed by atoms with Crippen molar-refractivity contribution >= 4 is 51.9 Å². The first-order chi connectivity index (χ1) is 15.6. The van der Waals surface area contributed by atoms with Gasteiger partial charge in [-0.25, -0.2) is 21.6 Å². The minimum Gasteiger partial charge on any atom is -0.495 e. The summed E-state index contributed by atoms with van der Waals surface area (Å²) < 4.78 is 67.3. The molecule has 2 aromatic carbocycles. The van der Waals surface area contributed by atoms with Gasteiger partial charge in [-0.3, -0.25) is 4.90 Å². The molecule has 0 aliphatic carbocycles. The molecule has 0 radical (unpaired) electrons. The van der Waals surface area contributed by atoms with Crippen molar-refractivity contribution in [1.82, 2.24) is 13.9 Å². The number of halogens is 2. The molecule has 0 amide bonds. The van der Waals surface area contributed by atoms with E-state index in [2.05, 4.69) is 36.6 Å². The number of rotatable bonds is 9. The Morgan fingerprint density at radius 1 is 0.848 bits per heavy atom. The second kappa shape index (κ2) is 11.0. The predicted molar refractivity (Wildman–Crippen MR) is 132 cm³/mol. The first-order valence-corrected chi connectivity index (χ1v) is 14.5. The normalized spacial score (nSPS) is 16.0. The Balaban J connectivity index is 1.58. The smallest absolute Gasteiger partial charge is 0.246 e. The molecule has 1 N–H and O–H groups in total. The number of methoxy groups -OCH3 is 2. The van der Waals surface area contributed by atoms with Gasteiger partial charge in [0.2, 0.25) is 20.0 Å². The van der Waals surface area contributed by atoms with Crippen molar-refractivity contribution in [1.29, 1.82) is 0 Å².